The quantitative estimate of drug-likeness (QED) is 0.726. The van der Waals surface area contributed by atoms with E-state index in [0.717, 1.165) is 13.1 Å². The Bertz CT molecular complexity index is 526. The molecular weight excluding hydrogens is 248 g/mol. The van der Waals surface area contributed by atoms with E-state index in [0.29, 0.717) is 0 Å². The zero-order valence-corrected chi connectivity index (χ0v) is 12.2. The van der Waals surface area contributed by atoms with Crippen LogP contribution >= 0.6 is 0 Å². The van der Waals surface area contributed by atoms with E-state index in [1.54, 1.807) is 9.80 Å². The number of hydrogen-bond donors (Lipinski definition) is 2. The van der Waals surface area contributed by atoms with Crippen molar-refractivity contribution >= 4 is 0 Å². The largest absolute Gasteiger partial charge is 0.350 e. The van der Waals surface area contributed by atoms with Gasteiger partial charge in [-0.15, -0.1) is 0 Å². The molecule has 0 saturated carbocycles. The molecule has 0 spiro atoms. The molecule has 2 aromatic heterocycles. The molecule has 0 amide bonds. The maximum Gasteiger partial charge on any atom is 0.127 e. The molecular formula is C16H24N4+2. The van der Waals surface area contributed by atoms with Crippen molar-refractivity contribution in [2.24, 2.45) is 7.05 Å². The second kappa shape index (κ2) is 6.20. The van der Waals surface area contributed by atoms with Crippen molar-refractivity contribution in [2.45, 2.75) is 13.1 Å². The number of nitrogens with zero attached hydrogens (tertiary/aromatic N) is 2. The molecule has 106 valence electrons. The van der Waals surface area contributed by atoms with Gasteiger partial charge >= 0.3 is 0 Å². The summed E-state index contributed by atoms with van der Waals surface area (Å²) in [7, 11) is 2.14. The molecule has 3 rings (SSSR count). The van der Waals surface area contributed by atoms with E-state index in [-0.39, 0.29) is 0 Å². The summed E-state index contributed by atoms with van der Waals surface area (Å²) in [6, 6.07) is 8.65. The van der Waals surface area contributed by atoms with Crippen LogP contribution in [0.25, 0.3) is 0 Å². The van der Waals surface area contributed by atoms with Gasteiger partial charge in [-0.2, -0.15) is 0 Å². The average Bonchev–Trinajstić information content (AvgIpc) is 2.88. The van der Waals surface area contributed by atoms with Crippen molar-refractivity contribution < 1.29 is 9.80 Å². The molecule has 4 nitrogen and oxygen atoms in total. The minimum Gasteiger partial charge on any atom is -0.350 e. The van der Waals surface area contributed by atoms with Crippen molar-refractivity contribution in [1.29, 1.82) is 0 Å². The van der Waals surface area contributed by atoms with Crippen molar-refractivity contribution in [1.82, 2.24) is 9.55 Å². The summed E-state index contributed by atoms with van der Waals surface area (Å²) in [6.45, 7) is 7.37. The number of rotatable bonds is 4. The van der Waals surface area contributed by atoms with E-state index in [9.17, 15) is 0 Å². The monoisotopic (exact) mass is 272 g/mol. The van der Waals surface area contributed by atoms with Crippen LogP contribution in [0, 0.1) is 0 Å². The number of pyridine rings is 1. The SMILES string of the molecule is Cn1cccc1C[NH+]1CC[NH+](Cc2ccncc2)CC1. The summed E-state index contributed by atoms with van der Waals surface area (Å²) < 4.78 is 2.24. The van der Waals surface area contributed by atoms with Crippen molar-refractivity contribution in [3.8, 4) is 0 Å². The second-order valence-electron chi connectivity index (χ2n) is 5.82. The van der Waals surface area contributed by atoms with Gasteiger partial charge in [0.15, 0.2) is 0 Å². The highest BCUT2D eigenvalue weighted by atomic mass is 15.3. The van der Waals surface area contributed by atoms with E-state index in [4.69, 9.17) is 0 Å². The smallest absolute Gasteiger partial charge is 0.127 e. The fourth-order valence-electron chi connectivity index (χ4n) is 3.04. The first-order valence-corrected chi connectivity index (χ1v) is 7.47. The zero-order valence-electron chi connectivity index (χ0n) is 12.2. The first-order valence-electron chi connectivity index (χ1n) is 7.47. The van der Waals surface area contributed by atoms with Crippen LogP contribution in [-0.4, -0.2) is 35.7 Å². The maximum absolute atomic E-state index is 4.08. The molecule has 1 aliphatic heterocycles. The molecule has 0 aromatic carbocycles. The van der Waals surface area contributed by atoms with Gasteiger partial charge in [0.05, 0.1) is 5.69 Å². The lowest BCUT2D eigenvalue weighted by Gasteiger charge is -2.29. The van der Waals surface area contributed by atoms with Gasteiger partial charge in [-0.25, -0.2) is 0 Å². The van der Waals surface area contributed by atoms with Crippen molar-refractivity contribution in [3.05, 3.63) is 54.1 Å². The molecule has 4 heteroatoms. The molecule has 0 aliphatic carbocycles. The lowest BCUT2D eigenvalue weighted by atomic mass is 10.2. The fourth-order valence-corrected chi connectivity index (χ4v) is 3.04. The van der Waals surface area contributed by atoms with Crippen LogP contribution < -0.4 is 9.80 Å². The normalized spacial score (nSPS) is 22.9. The highest BCUT2D eigenvalue weighted by Gasteiger charge is 2.23. The average molecular weight is 272 g/mol. The van der Waals surface area contributed by atoms with Crippen LogP contribution in [0.4, 0.5) is 0 Å². The van der Waals surface area contributed by atoms with Gasteiger partial charge in [-0.1, -0.05) is 0 Å². The molecule has 1 aliphatic rings. The first kappa shape index (κ1) is 13.3. The van der Waals surface area contributed by atoms with Gasteiger partial charge in [0.1, 0.15) is 39.3 Å². The molecule has 2 aromatic rings. The Balaban J connectivity index is 1.49. The van der Waals surface area contributed by atoms with Crippen LogP contribution in [0.2, 0.25) is 0 Å². The number of aryl methyl sites for hydroxylation is 1. The Morgan fingerprint density at radius 3 is 2.25 bits per heavy atom. The summed E-state index contributed by atoms with van der Waals surface area (Å²) in [5.41, 5.74) is 2.85. The third-order valence-corrected chi connectivity index (χ3v) is 4.35. The minimum absolute atomic E-state index is 1.14. The molecule has 3 heterocycles. The van der Waals surface area contributed by atoms with Crippen molar-refractivity contribution in [2.75, 3.05) is 26.2 Å². The first-order chi connectivity index (χ1) is 9.81. The van der Waals surface area contributed by atoms with Gasteiger partial charge < -0.3 is 14.4 Å². The lowest BCUT2D eigenvalue weighted by molar-refractivity contribution is -1.02. The molecule has 0 unspecified atom stereocenters. The van der Waals surface area contributed by atoms with Gasteiger partial charge in [-0.05, 0) is 24.3 Å². The minimum atomic E-state index is 1.14. The molecule has 1 fully saturated rings. The predicted molar refractivity (Wildman–Crippen MR) is 78.5 cm³/mol. The van der Waals surface area contributed by atoms with Gasteiger partial charge in [0.25, 0.3) is 0 Å². The number of hydrogen-bond acceptors (Lipinski definition) is 1. The molecule has 0 radical (unpaired) electrons. The summed E-state index contributed by atoms with van der Waals surface area (Å²) in [6.07, 6.45) is 5.93. The zero-order chi connectivity index (χ0) is 13.8. The molecule has 2 N–H and O–H groups in total. The Labute approximate surface area is 120 Å². The third-order valence-electron chi connectivity index (χ3n) is 4.35. The van der Waals surface area contributed by atoms with Crippen LogP contribution in [-0.2, 0) is 20.1 Å². The molecule has 20 heavy (non-hydrogen) atoms. The summed E-state index contributed by atoms with van der Waals surface area (Å²) >= 11 is 0. The Morgan fingerprint density at radius 2 is 1.65 bits per heavy atom. The van der Waals surface area contributed by atoms with Crippen LogP contribution in [0.3, 0.4) is 0 Å². The predicted octanol–water partition coefficient (Wildman–Crippen LogP) is -1.10. The third kappa shape index (κ3) is 3.26. The lowest BCUT2D eigenvalue weighted by Crippen LogP contribution is -3.27. The highest BCUT2D eigenvalue weighted by Crippen LogP contribution is 1.96. The van der Waals surface area contributed by atoms with E-state index >= 15 is 0 Å². The van der Waals surface area contributed by atoms with Gasteiger partial charge in [0, 0.05) is 31.2 Å². The summed E-state index contributed by atoms with van der Waals surface area (Å²) in [4.78, 5) is 7.50. The number of quaternary nitrogens is 2. The van der Waals surface area contributed by atoms with E-state index in [1.807, 2.05) is 12.4 Å². The topological polar surface area (TPSA) is 26.7 Å². The second-order valence-corrected chi connectivity index (χ2v) is 5.82. The van der Waals surface area contributed by atoms with E-state index < -0.39 is 0 Å². The highest BCUT2D eigenvalue weighted by molar-refractivity contribution is 5.07. The molecule has 0 atom stereocenters. The Hall–Kier alpha value is -1.65. The summed E-state index contributed by atoms with van der Waals surface area (Å²) in [5.74, 6) is 0. The van der Waals surface area contributed by atoms with Crippen LogP contribution in [0.15, 0.2) is 42.9 Å². The number of piperazine rings is 1. The number of nitrogens with one attached hydrogen (secondary N) is 2. The Kier molecular flexibility index (Phi) is 4.14. The van der Waals surface area contributed by atoms with E-state index in [2.05, 4.69) is 47.1 Å². The summed E-state index contributed by atoms with van der Waals surface area (Å²) in [5, 5.41) is 0. The van der Waals surface area contributed by atoms with Gasteiger partial charge in [-0.3, -0.25) is 4.98 Å². The molecule has 0 bridgehead atoms. The van der Waals surface area contributed by atoms with Gasteiger partial charge in [0.2, 0.25) is 0 Å². The van der Waals surface area contributed by atoms with Crippen molar-refractivity contribution in [3.63, 3.8) is 0 Å². The number of aromatic nitrogens is 2. The fraction of sp³-hybridized carbons (Fsp3) is 0.438. The Morgan fingerprint density at radius 1 is 1.00 bits per heavy atom. The van der Waals surface area contributed by atoms with Crippen LogP contribution in [0.5, 0.6) is 0 Å². The van der Waals surface area contributed by atoms with Crippen LogP contribution in [0.1, 0.15) is 11.3 Å². The van der Waals surface area contributed by atoms with E-state index in [1.165, 1.54) is 37.4 Å². The maximum atomic E-state index is 4.08. The standard InChI is InChI=1S/C16H22N4/c1-18-8-2-3-16(18)14-20-11-9-19(10-12-20)13-15-4-6-17-7-5-15/h2-8H,9-14H2,1H3/p+2. The molecule has 1 saturated heterocycles.